The number of carbonyl (C=O) groups excluding carboxylic acids is 3. The number of fused-ring (bicyclic) bond motifs is 1. The molecule has 1 aromatic carbocycles. The molecule has 2 heterocycles. The van der Waals surface area contributed by atoms with Crippen molar-refractivity contribution >= 4 is 23.9 Å². The number of aliphatic hydroxyl groups excluding tert-OH is 1. The number of imide groups is 1. The Labute approximate surface area is 159 Å². The maximum Gasteiger partial charge on any atom is 0.255 e. The third-order valence-corrected chi connectivity index (χ3v) is 5.60. The van der Waals surface area contributed by atoms with Crippen molar-refractivity contribution in [3.8, 4) is 0 Å². The van der Waals surface area contributed by atoms with E-state index in [1.165, 1.54) is 0 Å². The van der Waals surface area contributed by atoms with Gasteiger partial charge in [-0.05, 0) is 48.9 Å². The number of benzene rings is 1. The van der Waals surface area contributed by atoms with Crippen LogP contribution in [-0.4, -0.2) is 54.0 Å². The predicted molar refractivity (Wildman–Crippen MR) is 101 cm³/mol. The molecule has 146 valence electrons. The molecule has 1 saturated heterocycles. The van der Waals surface area contributed by atoms with Crippen molar-refractivity contribution in [2.45, 2.75) is 45.2 Å². The highest BCUT2D eigenvalue weighted by molar-refractivity contribution is 6.02. The molecule has 2 aliphatic rings. The van der Waals surface area contributed by atoms with E-state index in [0.717, 1.165) is 43.6 Å². The van der Waals surface area contributed by atoms with Gasteiger partial charge in [0.15, 0.2) is 0 Å². The smallest absolute Gasteiger partial charge is 0.255 e. The highest BCUT2D eigenvalue weighted by atomic mass is 16.3. The normalized spacial score (nSPS) is 18.4. The summed E-state index contributed by atoms with van der Waals surface area (Å²) in [6, 6.07) is 5.20. The van der Waals surface area contributed by atoms with E-state index in [4.69, 9.17) is 0 Å². The van der Waals surface area contributed by atoms with Crippen LogP contribution in [0.25, 0.3) is 0 Å². The van der Waals surface area contributed by atoms with Crippen LogP contribution in [-0.2, 0) is 16.1 Å². The zero-order valence-corrected chi connectivity index (χ0v) is 15.7. The monoisotopic (exact) mass is 373 g/mol. The van der Waals surface area contributed by atoms with Gasteiger partial charge in [-0.1, -0.05) is 13.3 Å². The van der Waals surface area contributed by atoms with E-state index in [2.05, 4.69) is 10.2 Å². The van der Waals surface area contributed by atoms with Crippen molar-refractivity contribution in [2.24, 2.45) is 5.92 Å². The molecule has 3 rings (SSSR count). The Morgan fingerprint density at radius 2 is 2.11 bits per heavy atom. The molecule has 0 spiro atoms. The Balaban J connectivity index is 1.76. The predicted octanol–water partition coefficient (Wildman–Crippen LogP) is 1.29. The number of anilines is 1. The summed E-state index contributed by atoms with van der Waals surface area (Å²) in [7, 11) is 0. The number of rotatable bonds is 7. The van der Waals surface area contributed by atoms with Gasteiger partial charge in [-0.2, -0.15) is 0 Å². The SMILES string of the molecule is CCCC(C(=O)NC=O)N1Cc2cc(N3CCC(CO)CC3)ccc2C1=O. The molecule has 2 aliphatic heterocycles. The molecule has 1 atom stereocenters. The summed E-state index contributed by atoms with van der Waals surface area (Å²) in [5, 5.41) is 11.5. The van der Waals surface area contributed by atoms with Crippen molar-refractivity contribution in [3.05, 3.63) is 29.3 Å². The van der Waals surface area contributed by atoms with Crippen molar-refractivity contribution in [1.29, 1.82) is 0 Å². The molecule has 1 aromatic rings. The minimum absolute atomic E-state index is 0.157. The second-order valence-electron chi connectivity index (χ2n) is 7.32. The molecule has 0 bridgehead atoms. The lowest BCUT2D eigenvalue weighted by Gasteiger charge is -2.33. The molecule has 3 amide bonds. The third kappa shape index (κ3) is 3.98. The summed E-state index contributed by atoms with van der Waals surface area (Å²) in [6.07, 6.45) is 3.54. The van der Waals surface area contributed by atoms with Gasteiger partial charge in [0.2, 0.25) is 12.3 Å². The maximum atomic E-state index is 12.8. The van der Waals surface area contributed by atoms with Gasteiger partial charge in [-0.15, -0.1) is 0 Å². The first-order valence-electron chi connectivity index (χ1n) is 9.62. The van der Waals surface area contributed by atoms with Gasteiger partial charge >= 0.3 is 0 Å². The molecule has 1 unspecified atom stereocenters. The molecule has 2 N–H and O–H groups in total. The zero-order chi connectivity index (χ0) is 19.4. The molecule has 1 fully saturated rings. The Hall–Kier alpha value is -2.41. The lowest BCUT2D eigenvalue weighted by Crippen LogP contribution is -2.46. The van der Waals surface area contributed by atoms with E-state index >= 15 is 0 Å². The number of nitrogens with one attached hydrogen (secondary N) is 1. The second-order valence-corrected chi connectivity index (χ2v) is 7.32. The summed E-state index contributed by atoms with van der Waals surface area (Å²) in [6.45, 7) is 4.35. The number of carbonyl (C=O) groups is 3. The van der Waals surface area contributed by atoms with Crippen LogP contribution >= 0.6 is 0 Å². The first-order valence-corrected chi connectivity index (χ1v) is 9.62. The average Bonchev–Trinajstić information content (AvgIpc) is 3.02. The van der Waals surface area contributed by atoms with Crippen LogP contribution in [0, 0.1) is 5.92 Å². The number of hydrogen-bond acceptors (Lipinski definition) is 5. The first-order chi connectivity index (χ1) is 13.1. The largest absolute Gasteiger partial charge is 0.396 e. The lowest BCUT2D eigenvalue weighted by molar-refractivity contribution is -0.129. The standard InChI is InChI=1S/C20H27N3O4/c1-2-3-18(19(26)21-13-25)23-11-15-10-16(4-5-17(15)20(23)27)22-8-6-14(12-24)7-9-22/h4-5,10,13-14,18,24H,2-3,6-9,11-12H2,1H3,(H,21,25,26). The quantitative estimate of drug-likeness (QED) is 0.703. The first kappa shape index (κ1) is 19.4. The van der Waals surface area contributed by atoms with E-state index < -0.39 is 11.9 Å². The summed E-state index contributed by atoms with van der Waals surface area (Å²) in [4.78, 5) is 39.5. The van der Waals surface area contributed by atoms with Crippen molar-refractivity contribution in [1.82, 2.24) is 10.2 Å². The minimum atomic E-state index is -0.635. The van der Waals surface area contributed by atoms with Gasteiger partial charge in [-0.3, -0.25) is 19.7 Å². The van der Waals surface area contributed by atoms with Crippen LogP contribution in [0.1, 0.15) is 48.5 Å². The van der Waals surface area contributed by atoms with Crippen molar-refractivity contribution < 1.29 is 19.5 Å². The van der Waals surface area contributed by atoms with Crippen LogP contribution < -0.4 is 10.2 Å². The van der Waals surface area contributed by atoms with E-state index in [1.54, 1.807) is 4.90 Å². The summed E-state index contributed by atoms with van der Waals surface area (Å²) >= 11 is 0. The van der Waals surface area contributed by atoms with E-state index in [0.29, 0.717) is 30.9 Å². The van der Waals surface area contributed by atoms with Crippen LogP contribution in [0.3, 0.4) is 0 Å². The molecule has 7 heteroatoms. The fraction of sp³-hybridized carbons (Fsp3) is 0.550. The van der Waals surface area contributed by atoms with Crippen LogP contribution in [0.4, 0.5) is 5.69 Å². The Kier molecular flexibility index (Phi) is 6.11. The minimum Gasteiger partial charge on any atom is -0.396 e. The zero-order valence-electron chi connectivity index (χ0n) is 15.7. The third-order valence-electron chi connectivity index (χ3n) is 5.60. The number of hydrogen-bond donors (Lipinski definition) is 2. The van der Waals surface area contributed by atoms with Crippen LogP contribution in [0.2, 0.25) is 0 Å². The molecule has 7 nitrogen and oxygen atoms in total. The molecule has 27 heavy (non-hydrogen) atoms. The molecule has 0 aromatic heterocycles. The fourth-order valence-electron chi connectivity index (χ4n) is 4.01. The highest BCUT2D eigenvalue weighted by Crippen LogP contribution is 2.31. The van der Waals surface area contributed by atoms with E-state index in [-0.39, 0.29) is 12.5 Å². The van der Waals surface area contributed by atoms with Gasteiger partial charge in [0.05, 0.1) is 0 Å². The maximum absolute atomic E-state index is 12.8. The topological polar surface area (TPSA) is 90.0 Å². The summed E-state index contributed by atoms with van der Waals surface area (Å²) < 4.78 is 0. The Bertz CT molecular complexity index is 713. The van der Waals surface area contributed by atoms with Gasteiger partial charge in [-0.25, -0.2) is 0 Å². The second kappa shape index (κ2) is 8.52. The number of nitrogens with zero attached hydrogens (tertiary/aromatic N) is 2. The van der Waals surface area contributed by atoms with Crippen LogP contribution in [0.5, 0.6) is 0 Å². The Morgan fingerprint density at radius 3 is 2.74 bits per heavy atom. The Morgan fingerprint density at radius 1 is 1.37 bits per heavy atom. The molecule has 0 radical (unpaired) electrons. The van der Waals surface area contributed by atoms with Crippen molar-refractivity contribution in [3.63, 3.8) is 0 Å². The van der Waals surface area contributed by atoms with Crippen LogP contribution in [0.15, 0.2) is 18.2 Å². The lowest BCUT2D eigenvalue weighted by atomic mass is 9.97. The van der Waals surface area contributed by atoms with E-state index in [9.17, 15) is 19.5 Å². The molecule has 0 aliphatic carbocycles. The number of amides is 3. The molecular formula is C20H27N3O4. The van der Waals surface area contributed by atoms with Gasteiger partial charge in [0.1, 0.15) is 6.04 Å². The van der Waals surface area contributed by atoms with Gasteiger partial charge in [0, 0.05) is 37.5 Å². The number of aliphatic hydroxyl groups is 1. The van der Waals surface area contributed by atoms with Crippen molar-refractivity contribution in [2.75, 3.05) is 24.6 Å². The average molecular weight is 373 g/mol. The van der Waals surface area contributed by atoms with E-state index in [1.807, 2.05) is 25.1 Å². The molecule has 0 saturated carbocycles. The summed E-state index contributed by atoms with van der Waals surface area (Å²) in [5.41, 5.74) is 2.62. The molecular weight excluding hydrogens is 346 g/mol. The summed E-state index contributed by atoms with van der Waals surface area (Å²) in [5.74, 6) is -0.215. The van der Waals surface area contributed by atoms with Gasteiger partial charge in [0.25, 0.3) is 5.91 Å². The number of piperidine rings is 1. The fourth-order valence-corrected chi connectivity index (χ4v) is 4.01. The highest BCUT2D eigenvalue weighted by Gasteiger charge is 2.36. The van der Waals surface area contributed by atoms with Gasteiger partial charge < -0.3 is 14.9 Å².